The molecule has 0 aromatic carbocycles. The van der Waals surface area contributed by atoms with Crippen LogP contribution >= 0.6 is 0 Å². The van der Waals surface area contributed by atoms with E-state index in [2.05, 4.69) is 14.5 Å². The minimum atomic E-state index is -4.90. The van der Waals surface area contributed by atoms with E-state index in [1.807, 2.05) is 0 Å². The van der Waals surface area contributed by atoms with E-state index in [4.69, 9.17) is 0 Å². The number of nitrogens with zero attached hydrogens (tertiary/aromatic N) is 1. The van der Waals surface area contributed by atoms with Crippen molar-refractivity contribution in [3.8, 4) is 11.5 Å². The molecule has 0 spiro atoms. The van der Waals surface area contributed by atoms with Crippen LogP contribution in [0.25, 0.3) is 0 Å². The fourth-order valence-corrected chi connectivity index (χ4v) is 1.05. The highest BCUT2D eigenvalue weighted by Gasteiger charge is 2.33. The summed E-state index contributed by atoms with van der Waals surface area (Å²) in [6, 6.07) is 0. The van der Waals surface area contributed by atoms with E-state index in [0.717, 1.165) is 14.0 Å². The largest absolute Gasteiger partial charge is 0.573 e. The lowest BCUT2D eigenvalue weighted by molar-refractivity contribution is -0.275. The number of hydrogen-bond acceptors (Lipinski definition) is 5. The van der Waals surface area contributed by atoms with Crippen LogP contribution < -0.4 is 4.74 Å². The van der Waals surface area contributed by atoms with Gasteiger partial charge < -0.3 is 14.6 Å². The van der Waals surface area contributed by atoms with Gasteiger partial charge in [-0.3, -0.25) is 0 Å². The molecule has 1 heterocycles. The van der Waals surface area contributed by atoms with Crippen molar-refractivity contribution in [1.82, 2.24) is 4.98 Å². The number of hydrogen-bond donors (Lipinski definition) is 1. The Balaban J connectivity index is 3.15. The maximum atomic E-state index is 12.0. The van der Waals surface area contributed by atoms with Crippen LogP contribution in [0.1, 0.15) is 16.1 Å². The van der Waals surface area contributed by atoms with Gasteiger partial charge in [0.15, 0.2) is 17.2 Å². The molecule has 0 bridgehead atoms. The SMILES string of the molecule is COC(=O)c1ncc(OC(F)(F)F)c(C)c1O. The molecule has 1 aromatic heterocycles. The monoisotopic (exact) mass is 251 g/mol. The highest BCUT2D eigenvalue weighted by Crippen LogP contribution is 2.32. The van der Waals surface area contributed by atoms with Crippen molar-refractivity contribution in [3.63, 3.8) is 0 Å². The highest BCUT2D eigenvalue weighted by atomic mass is 19.4. The summed E-state index contributed by atoms with van der Waals surface area (Å²) in [7, 11) is 1.05. The molecule has 0 atom stereocenters. The van der Waals surface area contributed by atoms with E-state index >= 15 is 0 Å². The summed E-state index contributed by atoms with van der Waals surface area (Å²) >= 11 is 0. The van der Waals surface area contributed by atoms with Crippen molar-refractivity contribution in [2.75, 3.05) is 7.11 Å². The van der Waals surface area contributed by atoms with E-state index < -0.39 is 29.5 Å². The Morgan fingerprint density at radius 2 is 2.06 bits per heavy atom. The Labute approximate surface area is 93.8 Å². The Bertz CT molecular complexity index is 445. The average molecular weight is 251 g/mol. The molecule has 94 valence electrons. The van der Waals surface area contributed by atoms with Crippen molar-refractivity contribution in [3.05, 3.63) is 17.5 Å². The molecule has 0 amide bonds. The van der Waals surface area contributed by atoms with E-state index in [1.165, 1.54) is 0 Å². The third kappa shape index (κ3) is 2.99. The molecule has 0 aliphatic rings. The number of ether oxygens (including phenoxy) is 2. The van der Waals surface area contributed by atoms with Gasteiger partial charge >= 0.3 is 12.3 Å². The van der Waals surface area contributed by atoms with Crippen molar-refractivity contribution >= 4 is 5.97 Å². The molecule has 1 rings (SSSR count). The number of alkyl halides is 3. The maximum Gasteiger partial charge on any atom is 0.573 e. The van der Waals surface area contributed by atoms with Crippen molar-refractivity contribution < 1.29 is 32.5 Å². The van der Waals surface area contributed by atoms with Gasteiger partial charge in [0.25, 0.3) is 0 Å². The number of esters is 1. The van der Waals surface area contributed by atoms with Crippen LogP contribution in [0, 0.1) is 6.92 Å². The number of methoxy groups -OCH3 is 1. The molecule has 0 unspecified atom stereocenters. The molecule has 1 N–H and O–H groups in total. The third-order valence-electron chi connectivity index (χ3n) is 1.86. The lowest BCUT2D eigenvalue weighted by atomic mass is 10.2. The van der Waals surface area contributed by atoms with Crippen LogP contribution in [0.2, 0.25) is 0 Å². The summed E-state index contributed by atoms with van der Waals surface area (Å²) in [5.41, 5.74) is -0.725. The van der Waals surface area contributed by atoms with Crippen molar-refractivity contribution in [2.45, 2.75) is 13.3 Å². The van der Waals surface area contributed by atoms with Gasteiger partial charge in [-0.25, -0.2) is 9.78 Å². The van der Waals surface area contributed by atoms with Gasteiger partial charge in [0, 0.05) is 5.56 Å². The standard InChI is InChI=1S/C9H8F3NO4/c1-4-5(17-9(10,11)12)3-13-6(7(4)14)8(15)16-2/h3,14H,1-2H3. The Morgan fingerprint density at radius 1 is 1.47 bits per heavy atom. The molecule has 5 nitrogen and oxygen atoms in total. The van der Waals surface area contributed by atoms with Gasteiger partial charge in [-0.15, -0.1) is 13.2 Å². The van der Waals surface area contributed by atoms with Crippen LogP contribution in [-0.2, 0) is 4.74 Å². The number of rotatable bonds is 2. The van der Waals surface area contributed by atoms with E-state index in [9.17, 15) is 23.1 Å². The van der Waals surface area contributed by atoms with Crippen LogP contribution in [0.4, 0.5) is 13.2 Å². The molecule has 0 fully saturated rings. The topological polar surface area (TPSA) is 68.7 Å². The summed E-state index contributed by atoms with van der Waals surface area (Å²) in [4.78, 5) is 14.4. The first-order chi connectivity index (χ1) is 7.76. The predicted octanol–water partition coefficient (Wildman–Crippen LogP) is 1.78. The summed E-state index contributed by atoms with van der Waals surface area (Å²) in [6.07, 6.45) is -4.21. The van der Waals surface area contributed by atoms with Gasteiger partial charge in [-0.1, -0.05) is 0 Å². The molecule has 0 aliphatic heterocycles. The number of carbonyl (C=O) groups excluding carboxylic acids is 1. The van der Waals surface area contributed by atoms with E-state index in [-0.39, 0.29) is 5.56 Å². The Hall–Kier alpha value is -1.99. The molecule has 0 saturated carbocycles. The fourth-order valence-electron chi connectivity index (χ4n) is 1.05. The highest BCUT2D eigenvalue weighted by molar-refractivity contribution is 5.90. The van der Waals surface area contributed by atoms with Gasteiger partial charge in [-0.2, -0.15) is 0 Å². The number of pyridine rings is 1. The zero-order valence-corrected chi connectivity index (χ0v) is 8.83. The fraction of sp³-hybridized carbons (Fsp3) is 0.333. The minimum Gasteiger partial charge on any atom is -0.505 e. The number of carbonyl (C=O) groups is 1. The molecule has 0 saturated heterocycles. The number of halogens is 3. The average Bonchev–Trinajstić information content (AvgIpc) is 2.22. The molecule has 17 heavy (non-hydrogen) atoms. The van der Waals surface area contributed by atoms with Gasteiger partial charge in [-0.05, 0) is 6.92 Å². The molecule has 8 heteroatoms. The lowest BCUT2D eigenvalue weighted by Crippen LogP contribution is -2.18. The van der Waals surface area contributed by atoms with Crippen molar-refractivity contribution in [1.29, 1.82) is 0 Å². The van der Waals surface area contributed by atoms with E-state index in [1.54, 1.807) is 0 Å². The van der Waals surface area contributed by atoms with Crippen LogP contribution in [0.3, 0.4) is 0 Å². The molecular formula is C9H8F3NO4. The van der Waals surface area contributed by atoms with Gasteiger partial charge in [0.2, 0.25) is 0 Å². The first kappa shape index (κ1) is 13.1. The molecule has 0 radical (unpaired) electrons. The third-order valence-corrected chi connectivity index (χ3v) is 1.86. The zero-order chi connectivity index (χ0) is 13.2. The van der Waals surface area contributed by atoms with Crippen molar-refractivity contribution in [2.24, 2.45) is 0 Å². The number of aromatic hydroxyl groups is 1. The molecule has 1 aromatic rings. The first-order valence-electron chi connectivity index (χ1n) is 4.29. The second kappa shape index (κ2) is 4.48. The summed E-state index contributed by atoms with van der Waals surface area (Å²) in [5, 5.41) is 9.47. The quantitative estimate of drug-likeness (QED) is 0.811. The smallest absolute Gasteiger partial charge is 0.505 e. The zero-order valence-electron chi connectivity index (χ0n) is 8.83. The van der Waals surface area contributed by atoms with Gasteiger partial charge in [0.05, 0.1) is 13.3 Å². The first-order valence-corrected chi connectivity index (χ1v) is 4.29. The number of aromatic nitrogens is 1. The summed E-state index contributed by atoms with van der Waals surface area (Å²) < 4.78 is 43.8. The summed E-state index contributed by atoms with van der Waals surface area (Å²) in [6.45, 7) is 1.16. The van der Waals surface area contributed by atoms with E-state index in [0.29, 0.717) is 6.20 Å². The Morgan fingerprint density at radius 3 is 2.53 bits per heavy atom. The van der Waals surface area contributed by atoms with Crippen LogP contribution in [0.15, 0.2) is 6.20 Å². The molecule has 0 aliphatic carbocycles. The Kier molecular flexibility index (Phi) is 3.45. The van der Waals surface area contributed by atoms with Crippen LogP contribution in [0.5, 0.6) is 11.5 Å². The lowest BCUT2D eigenvalue weighted by Gasteiger charge is -2.12. The minimum absolute atomic E-state index is 0.252. The normalized spacial score (nSPS) is 11.1. The predicted molar refractivity (Wildman–Crippen MR) is 48.7 cm³/mol. The maximum absolute atomic E-state index is 12.0. The second-order valence-electron chi connectivity index (χ2n) is 2.98. The van der Waals surface area contributed by atoms with Gasteiger partial charge in [0.1, 0.15) is 0 Å². The molecular weight excluding hydrogens is 243 g/mol. The van der Waals surface area contributed by atoms with Crippen LogP contribution in [-0.4, -0.2) is 29.5 Å². The summed E-state index contributed by atoms with van der Waals surface area (Å²) in [5.74, 6) is -2.34. The second-order valence-corrected chi connectivity index (χ2v) is 2.98.